The van der Waals surface area contributed by atoms with Crippen molar-refractivity contribution in [3.05, 3.63) is 12.4 Å². The summed E-state index contributed by atoms with van der Waals surface area (Å²) < 4.78 is 32.1. The van der Waals surface area contributed by atoms with E-state index in [1.165, 1.54) is 16.7 Å². The lowest BCUT2D eigenvalue weighted by atomic mass is 10.1. The van der Waals surface area contributed by atoms with Crippen LogP contribution in [0.15, 0.2) is 17.3 Å². The van der Waals surface area contributed by atoms with Crippen molar-refractivity contribution in [1.82, 2.24) is 14.3 Å². The van der Waals surface area contributed by atoms with Crippen LogP contribution in [0, 0.1) is 0 Å². The number of hydrogen-bond donors (Lipinski definition) is 1. The normalized spacial score (nSPS) is 19.8. The third-order valence-corrected chi connectivity index (χ3v) is 5.18. The van der Waals surface area contributed by atoms with E-state index in [9.17, 15) is 8.42 Å². The predicted octanol–water partition coefficient (Wildman–Crippen LogP) is 0.708. The number of anilines is 1. The van der Waals surface area contributed by atoms with E-state index in [-0.39, 0.29) is 4.90 Å². The van der Waals surface area contributed by atoms with Crippen LogP contribution >= 0.6 is 0 Å². The summed E-state index contributed by atoms with van der Waals surface area (Å²) in [5.41, 5.74) is -0.572. The van der Waals surface area contributed by atoms with Crippen molar-refractivity contribution < 1.29 is 13.2 Å². The summed E-state index contributed by atoms with van der Waals surface area (Å²) >= 11 is 0. The van der Waals surface area contributed by atoms with Gasteiger partial charge in [0.05, 0.1) is 31.1 Å². The first-order valence-electron chi connectivity index (χ1n) is 6.54. The van der Waals surface area contributed by atoms with Gasteiger partial charge in [0.2, 0.25) is 16.0 Å². The van der Waals surface area contributed by atoms with E-state index in [0.717, 1.165) is 0 Å². The Morgan fingerprint density at radius 3 is 2.60 bits per heavy atom. The Balaban J connectivity index is 2.29. The highest BCUT2D eigenvalue weighted by atomic mass is 32.2. The van der Waals surface area contributed by atoms with Gasteiger partial charge in [-0.05, 0) is 20.8 Å². The summed E-state index contributed by atoms with van der Waals surface area (Å²) in [6, 6.07) is 0. The molecular formula is C12H20N4O3S. The Morgan fingerprint density at radius 1 is 1.40 bits per heavy atom. The summed E-state index contributed by atoms with van der Waals surface area (Å²) in [5.74, 6) is 0.424. The van der Waals surface area contributed by atoms with Crippen molar-refractivity contribution in [3.63, 3.8) is 0 Å². The maximum atomic E-state index is 12.6. The van der Waals surface area contributed by atoms with Gasteiger partial charge in [-0.3, -0.25) is 0 Å². The number of aromatic nitrogens is 2. The van der Waals surface area contributed by atoms with Crippen LogP contribution in [0.5, 0.6) is 0 Å². The van der Waals surface area contributed by atoms with Crippen LogP contribution in [0.3, 0.4) is 0 Å². The predicted molar refractivity (Wildman–Crippen MR) is 75.0 cm³/mol. The van der Waals surface area contributed by atoms with E-state index in [0.29, 0.717) is 32.3 Å². The van der Waals surface area contributed by atoms with Crippen LogP contribution in [0.4, 0.5) is 5.95 Å². The number of ether oxygens (including phenoxy) is 1. The van der Waals surface area contributed by atoms with E-state index < -0.39 is 15.6 Å². The Hall–Kier alpha value is -1.25. The Bertz CT molecular complexity index is 557. The fourth-order valence-electron chi connectivity index (χ4n) is 2.12. The second-order valence-corrected chi connectivity index (χ2v) is 7.08. The molecule has 20 heavy (non-hydrogen) atoms. The second-order valence-electron chi connectivity index (χ2n) is 5.21. The molecule has 0 aliphatic carbocycles. The fraction of sp³-hybridized carbons (Fsp3) is 0.667. The third kappa shape index (κ3) is 2.92. The summed E-state index contributed by atoms with van der Waals surface area (Å²) in [6.45, 7) is 7.41. The zero-order valence-electron chi connectivity index (χ0n) is 12.0. The van der Waals surface area contributed by atoms with Gasteiger partial charge in [0.25, 0.3) is 0 Å². The summed E-state index contributed by atoms with van der Waals surface area (Å²) in [7, 11) is -3.60. The zero-order valence-corrected chi connectivity index (χ0v) is 12.8. The highest BCUT2D eigenvalue weighted by Crippen LogP contribution is 2.26. The molecule has 1 aliphatic heterocycles. The van der Waals surface area contributed by atoms with Crippen LogP contribution < -0.4 is 5.32 Å². The number of nitrogens with zero attached hydrogens (tertiary/aromatic N) is 3. The van der Waals surface area contributed by atoms with E-state index >= 15 is 0 Å². The number of rotatable bonds is 4. The van der Waals surface area contributed by atoms with Crippen LogP contribution in [0.25, 0.3) is 0 Å². The fourth-order valence-corrected chi connectivity index (χ4v) is 3.76. The highest BCUT2D eigenvalue weighted by Gasteiger charge is 2.40. The van der Waals surface area contributed by atoms with Crippen molar-refractivity contribution in [2.45, 2.75) is 31.2 Å². The summed E-state index contributed by atoms with van der Waals surface area (Å²) in [5, 5.41) is 2.93. The molecule has 1 N–H and O–H groups in total. The van der Waals surface area contributed by atoms with Crippen molar-refractivity contribution in [3.8, 4) is 0 Å². The first-order valence-corrected chi connectivity index (χ1v) is 7.98. The van der Waals surface area contributed by atoms with Gasteiger partial charge in [0.15, 0.2) is 0 Å². The Morgan fingerprint density at radius 2 is 2.05 bits per heavy atom. The number of sulfonamides is 1. The van der Waals surface area contributed by atoms with Crippen molar-refractivity contribution >= 4 is 16.0 Å². The average Bonchev–Trinajstić information content (AvgIpc) is 2.39. The van der Waals surface area contributed by atoms with E-state index in [1.807, 2.05) is 20.8 Å². The molecular weight excluding hydrogens is 280 g/mol. The molecule has 0 saturated carbocycles. The summed E-state index contributed by atoms with van der Waals surface area (Å²) in [4.78, 5) is 8.14. The lowest BCUT2D eigenvalue weighted by Gasteiger charge is -2.40. The van der Waals surface area contributed by atoms with E-state index in [2.05, 4.69) is 15.3 Å². The third-order valence-electron chi connectivity index (χ3n) is 3.12. The molecule has 2 heterocycles. The maximum Gasteiger partial charge on any atom is 0.246 e. The molecule has 7 nitrogen and oxygen atoms in total. The van der Waals surface area contributed by atoms with Crippen LogP contribution in [-0.2, 0) is 14.8 Å². The van der Waals surface area contributed by atoms with Crippen LogP contribution in [0.1, 0.15) is 20.8 Å². The molecule has 1 aromatic heterocycles. The molecule has 1 aromatic rings. The molecule has 1 aliphatic rings. The molecule has 112 valence electrons. The first kappa shape index (κ1) is 15.1. The van der Waals surface area contributed by atoms with Crippen LogP contribution in [-0.4, -0.2) is 54.5 Å². The molecule has 0 amide bonds. The summed E-state index contributed by atoms with van der Waals surface area (Å²) in [6.07, 6.45) is 2.68. The molecule has 1 fully saturated rings. The molecule has 1 saturated heterocycles. The van der Waals surface area contributed by atoms with Gasteiger partial charge in [0.1, 0.15) is 4.90 Å². The van der Waals surface area contributed by atoms with Gasteiger partial charge in [-0.15, -0.1) is 0 Å². The minimum Gasteiger partial charge on any atom is -0.378 e. The van der Waals surface area contributed by atoms with Gasteiger partial charge in [-0.2, -0.15) is 4.31 Å². The molecule has 0 spiro atoms. The zero-order chi connectivity index (χ0) is 14.8. The van der Waals surface area contributed by atoms with Crippen molar-refractivity contribution in [1.29, 1.82) is 0 Å². The minimum atomic E-state index is -3.60. The smallest absolute Gasteiger partial charge is 0.246 e. The van der Waals surface area contributed by atoms with Gasteiger partial charge < -0.3 is 10.1 Å². The van der Waals surface area contributed by atoms with Gasteiger partial charge >= 0.3 is 0 Å². The standard InChI is InChI=1S/C12H20N4O3S/c1-4-13-11-14-7-10(8-15-11)20(17,18)16-5-6-19-9-12(16,2)3/h7-8H,4-6,9H2,1-3H3,(H,13,14,15). The topological polar surface area (TPSA) is 84.4 Å². The first-order chi connectivity index (χ1) is 9.38. The monoisotopic (exact) mass is 300 g/mol. The van der Waals surface area contributed by atoms with E-state index in [4.69, 9.17) is 4.74 Å². The average molecular weight is 300 g/mol. The van der Waals surface area contributed by atoms with Crippen LogP contribution in [0.2, 0.25) is 0 Å². The number of hydrogen-bond acceptors (Lipinski definition) is 6. The van der Waals surface area contributed by atoms with Gasteiger partial charge in [0, 0.05) is 13.1 Å². The molecule has 8 heteroatoms. The lowest BCUT2D eigenvalue weighted by molar-refractivity contribution is -0.00772. The maximum absolute atomic E-state index is 12.6. The minimum absolute atomic E-state index is 0.106. The highest BCUT2D eigenvalue weighted by molar-refractivity contribution is 7.89. The number of nitrogens with one attached hydrogen (secondary N) is 1. The molecule has 0 aromatic carbocycles. The second kappa shape index (κ2) is 5.63. The molecule has 0 unspecified atom stereocenters. The Kier molecular flexibility index (Phi) is 4.26. The quantitative estimate of drug-likeness (QED) is 0.881. The lowest BCUT2D eigenvalue weighted by Crippen LogP contribution is -2.55. The molecule has 0 bridgehead atoms. The molecule has 0 atom stereocenters. The van der Waals surface area contributed by atoms with Gasteiger partial charge in [-0.1, -0.05) is 0 Å². The molecule has 2 rings (SSSR count). The number of morpholine rings is 1. The molecule has 0 radical (unpaired) electrons. The Labute approximate surface area is 119 Å². The van der Waals surface area contributed by atoms with Crippen molar-refractivity contribution in [2.75, 3.05) is 31.6 Å². The van der Waals surface area contributed by atoms with E-state index in [1.54, 1.807) is 0 Å². The SMILES string of the molecule is CCNc1ncc(S(=O)(=O)N2CCOCC2(C)C)cn1. The van der Waals surface area contributed by atoms with Gasteiger partial charge in [-0.25, -0.2) is 18.4 Å². The van der Waals surface area contributed by atoms with Crippen molar-refractivity contribution in [2.24, 2.45) is 0 Å². The largest absolute Gasteiger partial charge is 0.378 e.